The molecule has 0 spiro atoms. The van der Waals surface area contributed by atoms with Gasteiger partial charge in [-0.25, -0.2) is 0 Å². The number of carbonyl (C=O) groups excluding carboxylic acids is 2. The van der Waals surface area contributed by atoms with E-state index in [0.717, 1.165) is 12.2 Å². The normalized spacial score (nSPS) is 13.8. The summed E-state index contributed by atoms with van der Waals surface area (Å²) in [5.74, 6) is -0.620. The Balaban J connectivity index is 2.38. The van der Waals surface area contributed by atoms with E-state index < -0.39 is 11.7 Å². The molecule has 1 heterocycles. The van der Waals surface area contributed by atoms with Crippen molar-refractivity contribution >= 4 is 34.7 Å². The lowest BCUT2D eigenvalue weighted by molar-refractivity contribution is -0.112. The van der Waals surface area contributed by atoms with Crippen molar-refractivity contribution in [1.29, 1.82) is 0 Å². The SMILES string of the molecule is CC(C)CN(C)c1cc2c(cc1Cl)C(=O)C(=O)N2. The third-order valence-corrected chi connectivity index (χ3v) is 3.14. The molecule has 4 nitrogen and oxygen atoms in total. The molecule has 0 bridgehead atoms. The van der Waals surface area contributed by atoms with Gasteiger partial charge < -0.3 is 10.2 Å². The van der Waals surface area contributed by atoms with E-state index in [4.69, 9.17) is 11.6 Å². The molecule has 18 heavy (non-hydrogen) atoms. The van der Waals surface area contributed by atoms with Crippen molar-refractivity contribution in [3.8, 4) is 0 Å². The fourth-order valence-corrected chi connectivity index (χ4v) is 2.40. The molecular weight excluding hydrogens is 252 g/mol. The molecule has 1 N–H and O–H groups in total. The number of rotatable bonds is 3. The summed E-state index contributed by atoms with van der Waals surface area (Å²) in [7, 11) is 1.94. The second-order valence-electron chi connectivity index (χ2n) is 4.91. The van der Waals surface area contributed by atoms with Gasteiger partial charge in [-0.1, -0.05) is 25.4 Å². The minimum atomic E-state index is -0.593. The number of nitrogens with zero attached hydrogens (tertiary/aromatic N) is 1. The molecule has 0 radical (unpaired) electrons. The predicted molar refractivity (Wildman–Crippen MR) is 72.5 cm³/mol. The summed E-state index contributed by atoms with van der Waals surface area (Å²) >= 11 is 6.17. The van der Waals surface area contributed by atoms with Crippen LogP contribution in [-0.2, 0) is 4.79 Å². The standard InChI is InChI=1S/C13H15ClN2O2/c1-7(2)6-16(3)11-5-10-8(4-9(11)14)12(17)13(18)15-10/h4-5,7H,6H2,1-3H3,(H,15,17,18). The molecule has 0 atom stereocenters. The molecule has 0 saturated carbocycles. The van der Waals surface area contributed by atoms with Gasteiger partial charge in [0.05, 0.1) is 22.0 Å². The van der Waals surface area contributed by atoms with Gasteiger partial charge in [0.25, 0.3) is 11.7 Å². The minimum Gasteiger partial charge on any atom is -0.373 e. The minimum absolute atomic E-state index is 0.353. The van der Waals surface area contributed by atoms with Crippen LogP contribution >= 0.6 is 11.6 Å². The number of amides is 1. The Morgan fingerprint density at radius 2 is 2.00 bits per heavy atom. The zero-order valence-electron chi connectivity index (χ0n) is 10.6. The topological polar surface area (TPSA) is 49.4 Å². The molecule has 5 heteroatoms. The van der Waals surface area contributed by atoms with Crippen LogP contribution < -0.4 is 10.2 Å². The van der Waals surface area contributed by atoms with Crippen LogP contribution in [0.5, 0.6) is 0 Å². The molecule has 1 aromatic carbocycles. The summed E-state index contributed by atoms with van der Waals surface area (Å²) < 4.78 is 0. The zero-order valence-corrected chi connectivity index (χ0v) is 11.3. The molecule has 1 aliphatic heterocycles. The van der Waals surface area contributed by atoms with Crippen LogP contribution in [0.3, 0.4) is 0 Å². The van der Waals surface area contributed by atoms with E-state index in [2.05, 4.69) is 19.2 Å². The maximum absolute atomic E-state index is 11.5. The van der Waals surface area contributed by atoms with Crippen LogP contribution in [0.2, 0.25) is 5.02 Å². The van der Waals surface area contributed by atoms with E-state index in [9.17, 15) is 9.59 Å². The summed E-state index contributed by atoms with van der Waals surface area (Å²) in [6, 6.07) is 3.31. The van der Waals surface area contributed by atoms with Crippen molar-refractivity contribution in [2.45, 2.75) is 13.8 Å². The van der Waals surface area contributed by atoms with Crippen LogP contribution in [0.25, 0.3) is 0 Å². The van der Waals surface area contributed by atoms with Gasteiger partial charge in [-0.05, 0) is 18.1 Å². The van der Waals surface area contributed by atoms with Crippen LogP contribution in [0.1, 0.15) is 24.2 Å². The van der Waals surface area contributed by atoms with Gasteiger partial charge in [0.1, 0.15) is 0 Å². The van der Waals surface area contributed by atoms with Crippen LogP contribution in [-0.4, -0.2) is 25.3 Å². The summed E-state index contributed by atoms with van der Waals surface area (Å²) in [6.07, 6.45) is 0. The van der Waals surface area contributed by atoms with Gasteiger partial charge in [-0.3, -0.25) is 9.59 Å². The number of fused-ring (bicyclic) bond motifs is 1. The second-order valence-corrected chi connectivity index (χ2v) is 5.31. The number of hydrogen-bond acceptors (Lipinski definition) is 3. The summed E-state index contributed by atoms with van der Waals surface area (Å²) in [5, 5.41) is 3.04. The quantitative estimate of drug-likeness (QED) is 0.856. The van der Waals surface area contributed by atoms with Gasteiger partial charge in [0.2, 0.25) is 0 Å². The first-order valence-corrected chi connectivity index (χ1v) is 6.18. The maximum atomic E-state index is 11.5. The number of halogens is 1. The molecule has 0 fully saturated rings. The van der Waals surface area contributed by atoms with Gasteiger partial charge in [-0.2, -0.15) is 0 Å². The van der Waals surface area contributed by atoms with Crippen molar-refractivity contribution in [1.82, 2.24) is 0 Å². The van der Waals surface area contributed by atoms with Gasteiger partial charge in [0, 0.05) is 13.6 Å². The first-order valence-electron chi connectivity index (χ1n) is 5.80. The van der Waals surface area contributed by atoms with Crippen LogP contribution in [0.4, 0.5) is 11.4 Å². The molecular formula is C13H15ClN2O2. The molecule has 1 aliphatic rings. The van der Waals surface area contributed by atoms with E-state index >= 15 is 0 Å². The molecule has 1 aromatic rings. The van der Waals surface area contributed by atoms with Gasteiger partial charge in [0.15, 0.2) is 0 Å². The van der Waals surface area contributed by atoms with E-state index in [-0.39, 0.29) is 0 Å². The molecule has 96 valence electrons. The third-order valence-electron chi connectivity index (χ3n) is 2.84. The highest BCUT2D eigenvalue weighted by Crippen LogP contribution is 2.34. The Morgan fingerprint density at radius 3 is 2.61 bits per heavy atom. The first kappa shape index (κ1) is 12.9. The van der Waals surface area contributed by atoms with E-state index in [1.807, 2.05) is 11.9 Å². The zero-order chi connectivity index (χ0) is 13.4. The fraction of sp³-hybridized carbons (Fsp3) is 0.385. The van der Waals surface area contributed by atoms with Crippen molar-refractivity contribution in [2.75, 3.05) is 23.8 Å². The Bertz CT molecular complexity index is 526. The predicted octanol–water partition coefficient (Wildman–Crippen LogP) is 2.57. The number of benzene rings is 1. The second kappa shape index (κ2) is 4.61. The first-order chi connectivity index (χ1) is 8.40. The highest BCUT2D eigenvalue weighted by Gasteiger charge is 2.29. The molecule has 1 amide bonds. The number of carbonyl (C=O) groups is 2. The highest BCUT2D eigenvalue weighted by atomic mass is 35.5. The third kappa shape index (κ3) is 2.20. The number of nitrogens with one attached hydrogen (secondary N) is 1. The molecule has 2 rings (SSSR count). The van der Waals surface area contributed by atoms with Gasteiger partial charge in [-0.15, -0.1) is 0 Å². The van der Waals surface area contributed by atoms with E-state index in [1.165, 1.54) is 0 Å². The molecule has 0 aliphatic carbocycles. The smallest absolute Gasteiger partial charge is 0.296 e. The molecule has 0 aromatic heterocycles. The van der Waals surface area contributed by atoms with Crippen LogP contribution in [0, 0.1) is 5.92 Å². The number of hydrogen-bond donors (Lipinski definition) is 1. The summed E-state index contributed by atoms with van der Waals surface area (Å²) in [5.41, 5.74) is 1.71. The van der Waals surface area contributed by atoms with Crippen molar-refractivity contribution in [2.24, 2.45) is 5.92 Å². The lowest BCUT2D eigenvalue weighted by atomic mass is 10.1. The summed E-state index contributed by atoms with van der Waals surface area (Å²) in [4.78, 5) is 24.8. The van der Waals surface area contributed by atoms with Crippen LogP contribution in [0.15, 0.2) is 12.1 Å². The average molecular weight is 267 g/mol. The fourth-order valence-electron chi connectivity index (χ4n) is 2.09. The Labute approximate surface area is 111 Å². The Morgan fingerprint density at radius 1 is 1.33 bits per heavy atom. The number of anilines is 2. The monoisotopic (exact) mass is 266 g/mol. The number of ketones is 1. The lowest BCUT2D eigenvalue weighted by Crippen LogP contribution is -2.22. The number of Topliss-reactive ketones (excluding diaryl/α,β-unsaturated/α-hetero) is 1. The summed E-state index contributed by atoms with van der Waals surface area (Å²) in [6.45, 7) is 5.08. The maximum Gasteiger partial charge on any atom is 0.296 e. The largest absolute Gasteiger partial charge is 0.373 e. The van der Waals surface area contributed by atoms with E-state index in [1.54, 1.807) is 12.1 Å². The molecule has 0 saturated heterocycles. The highest BCUT2D eigenvalue weighted by molar-refractivity contribution is 6.52. The van der Waals surface area contributed by atoms with Crippen molar-refractivity contribution < 1.29 is 9.59 Å². The van der Waals surface area contributed by atoms with Gasteiger partial charge >= 0.3 is 0 Å². The Kier molecular flexibility index (Phi) is 3.30. The average Bonchev–Trinajstić information content (AvgIpc) is 2.53. The Hall–Kier alpha value is -1.55. The van der Waals surface area contributed by atoms with Crippen molar-refractivity contribution in [3.63, 3.8) is 0 Å². The van der Waals surface area contributed by atoms with E-state index in [0.29, 0.717) is 22.2 Å². The van der Waals surface area contributed by atoms with Crippen molar-refractivity contribution in [3.05, 3.63) is 22.7 Å². The molecule has 0 unspecified atom stereocenters. The lowest BCUT2D eigenvalue weighted by Gasteiger charge is -2.23.